The number of hydrogen-bond donors (Lipinski definition) is 2. The van der Waals surface area contributed by atoms with Crippen LogP contribution in [0.5, 0.6) is 17.2 Å². The van der Waals surface area contributed by atoms with Gasteiger partial charge >= 0.3 is 11.3 Å². The van der Waals surface area contributed by atoms with Gasteiger partial charge in [0.1, 0.15) is 5.75 Å². The fourth-order valence-corrected chi connectivity index (χ4v) is 2.03. The number of halogens is 1. The summed E-state index contributed by atoms with van der Waals surface area (Å²) in [6.45, 7) is 0. The Balaban J connectivity index is 0.00000161. The first-order valence-corrected chi connectivity index (χ1v) is 6.11. The molecule has 3 aromatic rings. The van der Waals surface area contributed by atoms with Gasteiger partial charge in [0.05, 0.1) is 18.1 Å². The van der Waals surface area contributed by atoms with E-state index in [1.807, 2.05) is 36.4 Å². The Kier molecular flexibility index (Phi) is 4.19. The van der Waals surface area contributed by atoms with Crippen LogP contribution in [-0.2, 0) is 0 Å². The van der Waals surface area contributed by atoms with E-state index in [-0.39, 0.29) is 29.5 Å². The quantitative estimate of drug-likeness (QED) is 0.543. The zero-order chi connectivity index (χ0) is 14.1. The maximum atomic E-state index is 9.85. The molecule has 4 nitrogen and oxygen atoms in total. The van der Waals surface area contributed by atoms with E-state index in [4.69, 9.17) is 9.15 Å². The average Bonchev–Trinajstić information content (AvgIpc) is 2.51. The molecule has 1 heterocycles. The molecule has 0 fully saturated rings. The van der Waals surface area contributed by atoms with Crippen LogP contribution < -0.4 is 17.1 Å². The summed E-state index contributed by atoms with van der Waals surface area (Å²) < 4.78 is 10.8. The lowest BCUT2D eigenvalue weighted by molar-refractivity contribution is -0.00000640. The normalized spacial score (nSPS) is 10.1. The van der Waals surface area contributed by atoms with Crippen molar-refractivity contribution in [2.24, 2.45) is 0 Å². The SMILES string of the molecule is COc1ccc(-c2ccc3ccc(O)c(O)c3[o+]2)cc1.[Cl-]. The molecule has 0 aliphatic heterocycles. The molecule has 0 amide bonds. The van der Waals surface area contributed by atoms with E-state index in [0.29, 0.717) is 5.76 Å². The Morgan fingerprint density at radius 1 is 0.905 bits per heavy atom. The molecule has 3 rings (SSSR count). The van der Waals surface area contributed by atoms with E-state index < -0.39 is 0 Å². The van der Waals surface area contributed by atoms with Crippen molar-refractivity contribution in [2.45, 2.75) is 0 Å². The van der Waals surface area contributed by atoms with Gasteiger partial charge in [0.15, 0.2) is 5.75 Å². The molecular formula is C16H13ClO4. The predicted molar refractivity (Wildman–Crippen MR) is 75.9 cm³/mol. The molecule has 21 heavy (non-hydrogen) atoms. The highest BCUT2D eigenvalue weighted by Gasteiger charge is 2.20. The van der Waals surface area contributed by atoms with Gasteiger partial charge in [-0.15, -0.1) is 0 Å². The lowest BCUT2D eigenvalue weighted by atomic mass is 10.1. The van der Waals surface area contributed by atoms with E-state index in [1.165, 1.54) is 6.07 Å². The molecule has 0 unspecified atom stereocenters. The summed E-state index contributed by atoms with van der Waals surface area (Å²) in [4.78, 5) is 0. The summed E-state index contributed by atoms with van der Waals surface area (Å²) in [5, 5.41) is 20.1. The van der Waals surface area contributed by atoms with Gasteiger partial charge in [0, 0.05) is 6.07 Å². The second-order valence-corrected chi connectivity index (χ2v) is 4.38. The Morgan fingerprint density at radius 3 is 2.24 bits per heavy atom. The minimum absolute atomic E-state index is 0. The molecule has 0 radical (unpaired) electrons. The maximum absolute atomic E-state index is 9.85. The number of rotatable bonds is 2. The topological polar surface area (TPSA) is 61.0 Å². The number of ether oxygens (including phenoxy) is 1. The monoisotopic (exact) mass is 304 g/mol. The van der Waals surface area contributed by atoms with Gasteiger partial charge in [-0.25, -0.2) is 4.42 Å². The van der Waals surface area contributed by atoms with Crippen molar-refractivity contribution in [3.63, 3.8) is 0 Å². The molecule has 0 atom stereocenters. The first kappa shape index (κ1) is 14.9. The molecule has 0 bridgehead atoms. The molecule has 108 valence electrons. The summed E-state index contributed by atoms with van der Waals surface area (Å²) in [6, 6.07) is 14.2. The van der Waals surface area contributed by atoms with E-state index >= 15 is 0 Å². The molecule has 0 aliphatic carbocycles. The van der Waals surface area contributed by atoms with Crippen LogP contribution in [0.4, 0.5) is 0 Å². The van der Waals surface area contributed by atoms with Crippen LogP contribution >= 0.6 is 0 Å². The van der Waals surface area contributed by atoms with Crippen LogP contribution in [0.25, 0.3) is 22.3 Å². The van der Waals surface area contributed by atoms with E-state index in [2.05, 4.69) is 0 Å². The zero-order valence-electron chi connectivity index (χ0n) is 11.2. The van der Waals surface area contributed by atoms with Gasteiger partial charge in [-0.1, -0.05) is 0 Å². The van der Waals surface area contributed by atoms with E-state index in [9.17, 15) is 10.2 Å². The molecule has 1 aromatic heterocycles. The predicted octanol–water partition coefficient (Wildman–Crippen LogP) is 0.805. The molecular weight excluding hydrogens is 292 g/mol. The molecule has 0 aliphatic rings. The maximum Gasteiger partial charge on any atom is 0.405 e. The number of aromatic hydroxyl groups is 2. The fraction of sp³-hybridized carbons (Fsp3) is 0.0625. The van der Waals surface area contributed by atoms with Crippen LogP contribution in [0.1, 0.15) is 0 Å². The Labute approximate surface area is 127 Å². The van der Waals surface area contributed by atoms with Gasteiger partial charge in [0.2, 0.25) is 0 Å². The van der Waals surface area contributed by atoms with Crippen LogP contribution in [0.3, 0.4) is 0 Å². The van der Waals surface area contributed by atoms with Crippen LogP contribution in [0.15, 0.2) is 52.9 Å². The standard InChI is InChI=1S/C16H12O4.ClH/c1-19-12-6-2-10(3-7-12)14-9-5-11-4-8-13(17)15(18)16(11)20-14;/h2-9H,1H3,(H-,17,18);1H. The van der Waals surface area contributed by atoms with Crippen LogP contribution in [0.2, 0.25) is 0 Å². The van der Waals surface area contributed by atoms with Crippen LogP contribution in [-0.4, -0.2) is 17.3 Å². The van der Waals surface area contributed by atoms with Crippen molar-refractivity contribution in [1.29, 1.82) is 0 Å². The van der Waals surface area contributed by atoms with Gasteiger partial charge in [-0.2, -0.15) is 0 Å². The third-order valence-electron chi connectivity index (χ3n) is 3.14. The number of phenolic OH excluding ortho intramolecular Hbond substituents is 2. The molecule has 0 spiro atoms. The third-order valence-corrected chi connectivity index (χ3v) is 3.14. The molecule has 2 aromatic carbocycles. The van der Waals surface area contributed by atoms with E-state index in [1.54, 1.807) is 13.2 Å². The number of methoxy groups -OCH3 is 1. The minimum atomic E-state index is -0.252. The van der Waals surface area contributed by atoms with Crippen molar-refractivity contribution in [1.82, 2.24) is 0 Å². The molecule has 5 heteroatoms. The van der Waals surface area contributed by atoms with Crippen LogP contribution in [0, 0.1) is 0 Å². The number of phenols is 2. The number of hydrogen-bond acceptors (Lipinski definition) is 3. The second kappa shape index (κ2) is 5.89. The van der Waals surface area contributed by atoms with Crippen molar-refractivity contribution in [3.05, 3.63) is 48.5 Å². The largest absolute Gasteiger partial charge is 1.00 e. The smallest absolute Gasteiger partial charge is 0.405 e. The Hall–Kier alpha value is -2.46. The van der Waals surface area contributed by atoms with Crippen molar-refractivity contribution in [2.75, 3.05) is 7.11 Å². The summed E-state index contributed by atoms with van der Waals surface area (Å²) in [5.74, 6) is 0.905. The van der Waals surface area contributed by atoms with Gasteiger partial charge < -0.3 is 27.4 Å². The lowest BCUT2D eigenvalue weighted by Gasteiger charge is -1.99. The first-order chi connectivity index (χ1) is 9.69. The van der Waals surface area contributed by atoms with Crippen molar-refractivity contribution >= 4 is 11.0 Å². The Bertz CT molecular complexity index is 769. The second-order valence-electron chi connectivity index (χ2n) is 4.38. The zero-order valence-corrected chi connectivity index (χ0v) is 12.0. The highest BCUT2D eigenvalue weighted by Crippen LogP contribution is 2.36. The fourth-order valence-electron chi connectivity index (χ4n) is 2.03. The summed E-state index contributed by atoms with van der Waals surface area (Å²) in [6.07, 6.45) is 0. The highest BCUT2D eigenvalue weighted by molar-refractivity contribution is 5.86. The van der Waals surface area contributed by atoms with Crippen molar-refractivity contribution in [3.8, 4) is 28.6 Å². The van der Waals surface area contributed by atoms with Crippen molar-refractivity contribution < 1.29 is 31.8 Å². The summed E-state index contributed by atoms with van der Waals surface area (Å²) in [7, 11) is 1.61. The molecule has 2 N–H and O–H groups in total. The average molecular weight is 305 g/mol. The number of fused-ring (bicyclic) bond motifs is 1. The van der Waals surface area contributed by atoms with E-state index in [0.717, 1.165) is 16.7 Å². The minimum Gasteiger partial charge on any atom is -1.00 e. The van der Waals surface area contributed by atoms with Gasteiger partial charge in [0.25, 0.3) is 5.75 Å². The summed E-state index contributed by atoms with van der Waals surface area (Å²) >= 11 is 0. The molecule has 0 saturated heterocycles. The first-order valence-electron chi connectivity index (χ1n) is 6.11. The summed E-state index contributed by atoms with van der Waals surface area (Å²) in [5.41, 5.74) is 1.12. The highest BCUT2D eigenvalue weighted by atomic mass is 35.5. The van der Waals surface area contributed by atoms with Gasteiger partial charge in [-0.05, 0) is 42.5 Å². The number of benzene rings is 2. The van der Waals surface area contributed by atoms with Gasteiger partial charge in [-0.3, -0.25) is 0 Å². The molecule has 0 saturated carbocycles. The lowest BCUT2D eigenvalue weighted by Crippen LogP contribution is -3.00. The Morgan fingerprint density at radius 2 is 1.57 bits per heavy atom. The third kappa shape index (κ3) is 2.71.